The highest BCUT2D eigenvalue weighted by Gasteiger charge is 2.29. The molecular weight excluding hydrogens is 346 g/mol. The van der Waals surface area contributed by atoms with Crippen molar-refractivity contribution < 1.29 is 23.6 Å². The molecule has 3 rings (SSSR count). The zero-order valence-corrected chi connectivity index (χ0v) is 14.6. The van der Waals surface area contributed by atoms with Gasteiger partial charge in [0.1, 0.15) is 5.00 Å². The number of fused-ring (bicyclic) bond motifs is 1. The lowest BCUT2D eigenvalue weighted by Crippen LogP contribution is -2.31. The summed E-state index contributed by atoms with van der Waals surface area (Å²) < 4.78 is 9.32. The highest BCUT2D eigenvalue weighted by atomic mass is 32.1. The van der Waals surface area contributed by atoms with E-state index in [-0.39, 0.29) is 5.76 Å². The minimum Gasteiger partial charge on any atom is -0.453 e. The van der Waals surface area contributed by atoms with Gasteiger partial charge in [0.2, 0.25) is 5.76 Å². The predicted molar refractivity (Wildman–Crippen MR) is 89.8 cm³/mol. The molecule has 0 aliphatic heterocycles. The second-order valence-corrected chi connectivity index (χ2v) is 6.94. The molecular formula is C16H17N3O5S. The molecule has 0 aromatic carbocycles. The van der Waals surface area contributed by atoms with E-state index in [1.54, 1.807) is 0 Å². The SMILES string of the molecule is COC(=O)NC(=O)c1c(NC(=O)c2ccno2)sc2c1CCC(C)C2. The van der Waals surface area contributed by atoms with Crippen LogP contribution in [0.15, 0.2) is 16.8 Å². The number of methoxy groups -OCH3 is 1. The van der Waals surface area contributed by atoms with Gasteiger partial charge in [0, 0.05) is 10.9 Å². The van der Waals surface area contributed by atoms with Crippen LogP contribution in [-0.4, -0.2) is 30.2 Å². The Morgan fingerprint density at radius 1 is 1.36 bits per heavy atom. The molecule has 1 aliphatic carbocycles. The normalized spacial score (nSPS) is 16.0. The van der Waals surface area contributed by atoms with E-state index < -0.39 is 17.9 Å². The molecule has 2 aromatic heterocycles. The minimum atomic E-state index is -0.846. The molecule has 3 amide bonds. The maximum atomic E-state index is 12.5. The zero-order chi connectivity index (χ0) is 18.0. The molecule has 1 aliphatic rings. The third-order valence-electron chi connectivity index (χ3n) is 4.03. The van der Waals surface area contributed by atoms with Crippen molar-refractivity contribution in [1.82, 2.24) is 10.5 Å². The fourth-order valence-corrected chi connectivity index (χ4v) is 4.19. The fraction of sp³-hybridized carbons (Fsp3) is 0.375. The van der Waals surface area contributed by atoms with E-state index in [1.807, 2.05) is 0 Å². The molecule has 132 valence electrons. The van der Waals surface area contributed by atoms with Crippen LogP contribution in [0.4, 0.5) is 9.80 Å². The van der Waals surface area contributed by atoms with Crippen LogP contribution in [-0.2, 0) is 17.6 Å². The Morgan fingerprint density at radius 3 is 2.84 bits per heavy atom. The van der Waals surface area contributed by atoms with Gasteiger partial charge in [-0.15, -0.1) is 11.3 Å². The molecule has 0 bridgehead atoms. The molecule has 2 heterocycles. The first kappa shape index (κ1) is 17.2. The van der Waals surface area contributed by atoms with Crippen molar-refractivity contribution in [2.45, 2.75) is 26.2 Å². The molecule has 0 radical (unpaired) electrons. The molecule has 0 saturated heterocycles. The summed E-state index contributed by atoms with van der Waals surface area (Å²) in [5.74, 6) is -0.553. The summed E-state index contributed by atoms with van der Waals surface area (Å²) in [5, 5.41) is 8.74. The number of anilines is 1. The van der Waals surface area contributed by atoms with Crippen LogP contribution in [0.1, 0.15) is 44.7 Å². The number of thiophene rings is 1. The Morgan fingerprint density at radius 2 is 2.16 bits per heavy atom. The van der Waals surface area contributed by atoms with E-state index in [9.17, 15) is 14.4 Å². The highest BCUT2D eigenvalue weighted by molar-refractivity contribution is 7.17. The molecule has 8 nitrogen and oxygen atoms in total. The van der Waals surface area contributed by atoms with Gasteiger partial charge in [0.15, 0.2) is 0 Å². The monoisotopic (exact) mass is 363 g/mol. The van der Waals surface area contributed by atoms with Crippen LogP contribution in [0, 0.1) is 5.92 Å². The van der Waals surface area contributed by atoms with Gasteiger partial charge in [-0.05, 0) is 30.7 Å². The van der Waals surface area contributed by atoms with E-state index >= 15 is 0 Å². The first-order valence-electron chi connectivity index (χ1n) is 7.75. The summed E-state index contributed by atoms with van der Waals surface area (Å²) in [6.07, 6.45) is 3.01. The minimum absolute atomic E-state index is 0.0408. The highest BCUT2D eigenvalue weighted by Crippen LogP contribution is 2.39. The number of ether oxygens (including phenoxy) is 1. The molecule has 2 aromatic rings. The maximum Gasteiger partial charge on any atom is 0.413 e. The van der Waals surface area contributed by atoms with Gasteiger partial charge in [0.05, 0.1) is 18.9 Å². The zero-order valence-electron chi connectivity index (χ0n) is 13.8. The topological polar surface area (TPSA) is 111 Å². The Balaban J connectivity index is 1.94. The molecule has 0 saturated carbocycles. The van der Waals surface area contributed by atoms with Crippen molar-refractivity contribution in [3.05, 3.63) is 34.0 Å². The van der Waals surface area contributed by atoms with Crippen LogP contribution >= 0.6 is 11.3 Å². The molecule has 9 heteroatoms. The number of imide groups is 1. The number of carbonyl (C=O) groups is 3. The molecule has 1 unspecified atom stereocenters. The van der Waals surface area contributed by atoms with E-state index in [1.165, 1.54) is 30.7 Å². The number of hydrogen-bond donors (Lipinski definition) is 2. The van der Waals surface area contributed by atoms with Crippen molar-refractivity contribution in [3.63, 3.8) is 0 Å². The van der Waals surface area contributed by atoms with Crippen molar-refractivity contribution in [2.75, 3.05) is 12.4 Å². The first-order valence-corrected chi connectivity index (χ1v) is 8.57. The number of amides is 3. The molecule has 2 N–H and O–H groups in total. The number of nitrogens with zero attached hydrogens (tertiary/aromatic N) is 1. The Hall–Kier alpha value is -2.68. The number of hydrogen-bond acceptors (Lipinski definition) is 7. The summed E-state index contributed by atoms with van der Waals surface area (Å²) in [4.78, 5) is 37.2. The lowest BCUT2D eigenvalue weighted by Gasteiger charge is -2.18. The lowest BCUT2D eigenvalue weighted by atomic mass is 9.88. The largest absolute Gasteiger partial charge is 0.453 e. The smallest absolute Gasteiger partial charge is 0.413 e. The van der Waals surface area contributed by atoms with Gasteiger partial charge < -0.3 is 14.6 Å². The van der Waals surface area contributed by atoms with Gasteiger partial charge >= 0.3 is 6.09 Å². The van der Waals surface area contributed by atoms with Crippen LogP contribution in [0.2, 0.25) is 0 Å². The number of rotatable bonds is 3. The van der Waals surface area contributed by atoms with Crippen molar-refractivity contribution in [2.24, 2.45) is 5.92 Å². The molecule has 25 heavy (non-hydrogen) atoms. The van der Waals surface area contributed by atoms with Gasteiger partial charge in [-0.1, -0.05) is 12.1 Å². The Kier molecular flexibility index (Phi) is 4.84. The summed E-state index contributed by atoms with van der Waals surface area (Å²) >= 11 is 1.35. The third-order valence-corrected chi connectivity index (χ3v) is 5.20. The molecule has 0 spiro atoms. The second-order valence-electron chi connectivity index (χ2n) is 5.83. The van der Waals surface area contributed by atoms with Gasteiger partial charge in [-0.25, -0.2) is 4.79 Å². The maximum absolute atomic E-state index is 12.5. The number of carbonyl (C=O) groups excluding carboxylic acids is 3. The predicted octanol–water partition coefficient (Wildman–Crippen LogP) is 2.61. The summed E-state index contributed by atoms with van der Waals surface area (Å²) in [6.45, 7) is 2.14. The lowest BCUT2D eigenvalue weighted by molar-refractivity contribution is 0.0937. The summed E-state index contributed by atoms with van der Waals surface area (Å²) in [5.41, 5.74) is 1.18. The quantitative estimate of drug-likeness (QED) is 0.867. The second kappa shape index (κ2) is 7.06. The van der Waals surface area contributed by atoms with E-state index in [4.69, 9.17) is 4.52 Å². The van der Waals surface area contributed by atoms with Crippen molar-refractivity contribution in [1.29, 1.82) is 0 Å². The summed E-state index contributed by atoms with van der Waals surface area (Å²) in [7, 11) is 1.18. The number of nitrogens with one attached hydrogen (secondary N) is 2. The van der Waals surface area contributed by atoms with Gasteiger partial charge in [-0.2, -0.15) is 0 Å². The number of aromatic nitrogens is 1. The van der Waals surface area contributed by atoms with E-state index in [0.717, 1.165) is 29.7 Å². The third kappa shape index (κ3) is 3.55. The average Bonchev–Trinajstić information content (AvgIpc) is 3.21. The van der Waals surface area contributed by atoms with Crippen LogP contribution in [0.5, 0.6) is 0 Å². The fourth-order valence-electron chi connectivity index (χ4n) is 2.78. The van der Waals surface area contributed by atoms with Crippen molar-refractivity contribution >= 4 is 34.2 Å². The van der Waals surface area contributed by atoms with E-state index in [0.29, 0.717) is 16.5 Å². The molecule has 1 atom stereocenters. The number of alkyl carbamates (subject to hydrolysis) is 1. The van der Waals surface area contributed by atoms with Crippen LogP contribution < -0.4 is 10.6 Å². The standard InChI is InChI=1S/C16H17N3O5S/c1-8-3-4-9-11(7-8)25-15(12(9)14(21)19-16(22)23-2)18-13(20)10-5-6-17-24-10/h5-6,8H,3-4,7H2,1-2H3,(H,18,20)(H,19,21,22). The van der Waals surface area contributed by atoms with Crippen molar-refractivity contribution in [3.8, 4) is 0 Å². The molecule has 0 fully saturated rings. The summed E-state index contributed by atoms with van der Waals surface area (Å²) in [6, 6.07) is 1.43. The van der Waals surface area contributed by atoms with Gasteiger partial charge in [0.25, 0.3) is 11.8 Å². The Labute approximate surface area is 147 Å². The Bertz CT molecular complexity index is 812. The van der Waals surface area contributed by atoms with Gasteiger partial charge in [-0.3, -0.25) is 14.9 Å². The van der Waals surface area contributed by atoms with E-state index in [2.05, 4.69) is 27.5 Å². The first-order chi connectivity index (χ1) is 12.0. The van der Waals surface area contributed by atoms with Crippen LogP contribution in [0.25, 0.3) is 0 Å². The average molecular weight is 363 g/mol. The van der Waals surface area contributed by atoms with Crippen LogP contribution in [0.3, 0.4) is 0 Å².